The molecule has 0 bridgehead atoms. The number of hydrogen-bond donors (Lipinski definition) is 4. The first-order chi connectivity index (χ1) is 23.8. The quantitative estimate of drug-likeness (QED) is 0.0379. The van der Waals surface area contributed by atoms with Crippen LogP contribution in [0.5, 0.6) is 0 Å². The fourth-order valence-corrected chi connectivity index (χ4v) is 8.34. The van der Waals surface area contributed by atoms with E-state index in [1.54, 1.807) is 0 Å². The molecule has 278 valence electrons. The highest BCUT2D eigenvalue weighted by atomic mass is 33.1. The lowest BCUT2D eigenvalue weighted by atomic mass is 10.0. The van der Waals surface area contributed by atoms with Gasteiger partial charge in [-0.15, -0.1) is 5.06 Å². The molecule has 3 aliphatic heterocycles. The first-order valence-electron chi connectivity index (χ1n) is 16.7. The smallest absolute Gasteiger partial charge is 0.334 e. The summed E-state index contributed by atoms with van der Waals surface area (Å²) in [5, 5.41) is 12.6. The topological polar surface area (TPSA) is 200 Å². The van der Waals surface area contributed by atoms with E-state index in [2.05, 4.69) is 21.3 Å². The van der Waals surface area contributed by atoms with Crippen molar-refractivity contribution in [3.8, 4) is 0 Å². The number of nitrogens with one attached hydrogen (secondary N) is 4. The summed E-state index contributed by atoms with van der Waals surface area (Å²) in [6.45, 7) is 4.10. The molecular formula is C30H49N5O11S3. The second-order valence-electron chi connectivity index (χ2n) is 11.2. The Hall–Kier alpha value is -2.29. The van der Waals surface area contributed by atoms with Crippen LogP contribution >= 0.6 is 33.3 Å². The average Bonchev–Trinajstić information content (AvgIpc) is 3.74. The van der Waals surface area contributed by atoms with E-state index in [-0.39, 0.29) is 62.2 Å². The first kappa shape index (κ1) is 41.1. The molecule has 3 saturated heterocycles. The molecule has 0 radical (unpaired) electrons. The molecule has 3 aliphatic rings. The molecule has 0 aromatic rings. The van der Waals surface area contributed by atoms with Crippen LogP contribution < -0.4 is 21.3 Å². The molecule has 3 rings (SSSR count). The molecular weight excluding hydrogens is 703 g/mol. The molecule has 0 spiro atoms. The molecule has 0 aromatic carbocycles. The van der Waals surface area contributed by atoms with E-state index in [1.807, 2.05) is 11.8 Å². The van der Waals surface area contributed by atoms with Gasteiger partial charge in [-0.1, -0.05) is 28.0 Å². The highest BCUT2D eigenvalue weighted by Gasteiger charge is 2.42. The molecule has 0 saturated carbocycles. The number of fused-ring (bicyclic) bond motifs is 1. The Balaban J connectivity index is 0.968. The Labute approximate surface area is 299 Å². The second kappa shape index (κ2) is 24.8. The lowest BCUT2D eigenvalue weighted by molar-refractivity contribution is -0.197. The number of nitrogens with zero attached hydrogens (tertiary/aromatic N) is 1. The van der Waals surface area contributed by atoms with Gasteiger partial charge in [0.1, 0.15) is 0 Å². The maximum Gasteiger partial charge on any atom is 0.334 e. The van der Waals surface area contributed by atoms with Gasteiger partial charge in [0.2, 0.25) is 11.8 Å². The van der Waals surface area contributed by atoms with Crippen LogP contribution in [0, 0.1) is 0 Å². The number of unbranched alkanes of at least 4 members (excludes halogenated alkanes) is 1. The summed E-state index contributed by atoms with van der Waals surface area (Å²) in [5.41, 5.74) is 0. The Morgan fingerprint density at radius 1 is 0.735 bits per heavy atom. The van der Waals surface area contributed by atoms with Crippen molar-refractivity contribution in [2.24, 2.45) is 0 Å². The van der Waals surface area contributed by atoms with Crippen LogP contribution in [0.1, 0.15) is 51.4 Å². The molecule has 16 nitrogen and oxygen atoms in total. The van der Waals surface area contributed by atoms with Crippen LogP contribution in [0.15, 0.2) is 0 Å². The zero-order chi connectivity index (χ0) is 35.1. The minimum absolute atomic E-state index is 0.0222. The molecule has 0 unspecified atom stereocenters. The first-order valence-corrected chi connectivity index (χ1v) is 20.2. The lowest BCUT2D eigenvalue weighted by Gasteiger charge is -2.16. The largest absolute Gasteiger partial charge is 0.379 e. The Morgan fingerprint density at radius 2 is 1.35 bits per heavy atom. The van der Waals surface area contributed by atoms with E-state index in [0.29, 0.717) is 87.6 Å². The normalized spacial score (nSPS) is 19.9. The third-order valence-electron chi connectivity index (χ3n) is 7.42. The molecule has 3 atom stereocenters. The summed E-state index contributed by atoms with van der Waals surface area (Å²) in [4.78, 5) is 74.8. The third kappa shape index (κ3) is 17.5. The zero-order valence-corrected chi connectivity index (χ0v) is 30.2. The van der Waals surface area contributed by atoms with E-state index in [4.69, 9.17) is 23.8 Å². The molecule has 0 aromatic heterocycles. The number of urea groups is 1. The molecule has 3 heterocycles. The van der Waals surface area contributed by atoms with Crippen molar-refractivity contribution < 1.29 is 52.6 Å². The number of carbonyl (C=O) groups excluding carboxylic acids is 6. The molecule has 6 amide bonds. The van der Waals surface area contributed by atoms with Crippen LogP contribution in [-0.4, -0.2) is 141 Å². The Bertz CT molecular complexity index is 1060. The number of carbonyl (C=O) groups is 6. The number of thioether (sulfide) groups is 1. The molecule has 0 aliphatic carbocycles. The molecule has 3 fully saturated rings. The van der Waals surface area contributed by atoms with Crippen molar-refractivity contribution in [1.29, 1.82) is 0 Å². The number of rotatable bonds is 28. The minimum atomic E-state index is -0.627. The molecule has 49 heavy (non-hydrogen) atoms. The van der Waals surface area contributed by atoms with Crippen molar-refractivity contribution in [2.45, 2.75) is 68.7 Å². The number of hydrogen-bond acceptors (Lipinski definition) is 14. The van der Waals surface area contributed by atoms with Gasteiger partial charge in [-0.2, -0.15) is 11.8 Å². The van der Waals surface area contributed by atoms with Crippen LogP contribution in [0.25, 0.3) is 0 Å². The van der Waals surface area contributed by atoms with Crippen LogP contribution in [0.2, 0.25) is 0 Å². The van der Waals surface area contributed by atoms with E-state index < -0.39 is 17.8 Å². The lowest BCUT2D eigenvalue weighted by Crippen LogP contribution is -2.36. The summed E-state index contributed by atoms with van der Waals surface area (Å²) < 4.78 is 21.8. The fourth-order valence-electron chi connectivity index (χ4n) is 4.92. The van der Waals surface area contributed by atoms with Gasteiger partial charge in [-0.3, -0.25) is 19.2 Å². The summed E-state index contributed by atoms with van der Waals surface area (Å²) in [6, 6.07) is 0.370. The van der Waals surface area contributed by atoms with Crippen molar-refractivity contribution in [2.75, 3.05) is 83.2 Å². The van der Waals surface area contributed by atoms with Gasteiger partial charge in [0.25, 0.3) is 11.8 Å². The maximum absolute atomic E-state index is 12.0. The summed E-state index contributed by atoms with van der Waals surface area (Å²) in [7, 11) is 2.94. The predicted molar refractivity (Wildman–Crippen MR) is 185 cm³/mol. The van der Waals surface area contributed by atoms with Gasteiger partial charge in [-0.05, 0) is 12.8 Å². The summed E-state index contributed by atoms with van der Waals surface area (Å²) in [5.74, 6) is 0.344. The van der Waals surface area contributed by atoms with Crippen molar-refractivity contribution in [1.82, 2.24) is 26.3 Å². The van der Waals surface area contributed by atoms with E-state index in [0.717, 1.165) is 25.0 Å². The summed E-state index contributed by atoms with van der Waals surface area (Å²) >= 11 is 1.89. The third-order valence-corrected chi connectivity index (χ3v) is 11.3. The Kier molecular flexibility index (Phi) is 20.8. The second-order valence-corrected chi connectivity index (χ2v) is 15.2. The molecule has 19 heteroatoms. The van der Waals surface area contributed by atoms with Crippen molar-refractivity contribution in [3.63, 3.8) is 0 Å². The minimum Gasteiger partial charge on any atom is -0.379 e. The van der Waals surface area contributed by atoms with Gasteiger partial charge in [0, 0.05) is 61.3 Å². The number of amides is 6. The zero-order valence-electron chi connectivity index (χ0n) is 27.7. The van der Waals surface area contributed by atoms with Gasteiger partial charge in [-0.25, -0.2) is 9.59 Å². The Morgan fingerprint density at radius 3 is 2.06 bits per heavy atom. The highest BCUT2D eigenvalue weighted by molar-refractivity contribution is 8.76. The van der Waals surface area contributed by atoms with Gasteiger partial charge < -0.3 is 45.1 Å². The van der Waals surface area contributed by atoms with Crippen molar-refractivity contribution >= 4 is 69.0 Å². The average molecular weight is 752 g/mol. The predicted octanol–water partition coefficient (Wildman–Crippen LogP) is 0.780. The highest BCUT2D eigenvalue weighted by Crippen LogP contribution is 2.33. The number of ether oxygens (including phenoxy) is 4. The monoisotopic (exact) mass is 751 g/mol. The van der Waals surface area contributed by atoms with E-state index >= 15 is 0 Å². The van der Waals surface area contributed by atoms with Crippen molar-refractivity contribution in [3.05, 3.63) is 0 Å². The van der Waals surface area contributed by atoms with Gasteiger partial charge >= 0.3 is 12.0 Å². The SMILES string of the molecule is O=C(CCCC[C@@H]1SC[C@H]2NC(=O)N[C@H]12)NCCOCCOCCOCCOCCC(=O)NCCSSCCC(=O)ON1C(=O)CCC1=O. The van der Waals surface area contributed by atoms with Gasteiger partial charge in [0.05, 0.1) is 71.4 Å². The van der Waals surface area contributed by atoms with Crippen LogP contribution in [0.3, 0.4) is 0 Å². The van der Waals surface area contributed by atoms with E-state index in [9.17, 15) is 28.8 Å². The number of hydroxylamine groups is 2. The maximum atomic E-state index is 12.0. The fraction of sp³-hybridized carbons (Fsp3) is 0.800. The standard InChI is InChI=1S/C30H49N5O11S3/c36-24(4-2-1-3-23-29-22(21-47-23)33-30(41)34-29)31-9-12-43-14-16-45-18-17-44-15-13-42-11-7-25(37)32-10-20-49-48-19-8-28(40)46-35-26(38)5-6-27(35)39/h22-23,29H,1-21H2,(H,31,36)(H,32,37)(H2,33,34,41)/t22-,23+,29+/m1/s1. The van der Waals surface area contributed by atoms with Gasteiger partial charge in [0.15, 0.2) is 0 Å². The molecule has 4 N–H and O–H groups in total. The van der Waals surface area contributed by atoms with E-state index in [1.165, 1.54) is 21.6 Å². The number of imide groups is 1. The summed E-state index contributed by atoms with van der Waals surface area (Å²) in [6.07, 6.45) is 3.71. The van der Waals surface area contributed by atoms with Crippen LogP contribution in [0.4, 0.5) is 4.79 Å². The van der Waals surface area contributed by atoms with Crippen LogP contribution in [-0.2, 0) is 47.8 Å².